The molecule has 0 bridgehead atoms. The van der Waals surface area contributed by atoms with Crippen molar-refractivity contribution in [2.24, 2.45) is 18.1 Å². The molecule has 1 atom stereocenters. The number of para-hydroxylation sites is 1. The van der Waals surface area contributed by atoms with E-state index in [1.165, 1.54) is 11.8 Å². The molecule has 0 radical (unpaired) electrons. The molecule has 6 rings (SSSR count). The number of hydrogen-bond donors (Lipinski definition) is 0. The van der Waals surface area contributed by atoms with Crippen molar-refractivity contribution in [2.75, 3.05) is 6.79 Å². The molecule has 0 spiro atoms. The first-order chi connectivity index (χ1) is 17.6. The number of oxime groups is 1. The highest BCUT2D eigenvalue weighted by molar-refractivity contribution is 6.14. The number of carbonyl (C=O) groups excluding carboxylic acids is 1. The van der Waals surface area contributed by atoms with Crippen LogP contribution >= 0.6 is 0 Å². The van der Waals surface area contributed by atoms with Crippen molar-refractivity contribution in [3.63, 3.8) is 0 Å². The highest BCUT2D eigenvalue weighted by Gasteiger charge is 2.31. The van der Waals surface area contributed by atoms with E-state index in [1.54, 1.807) is 12.3 Å². The van der Waals surface area contributed by atoms with Gasteiger partial charge in [0.05, 0.1) is 5.71 Å². The Kier molecular flexibility index (Phi) is 5.56. The smallest absolute Gasteiger partial charge is 0.358 e. The quantitative estimate of drug-likeness (QED) is 0.235. The lowest BCUT2D eigenvalue weighted by molar-refractivity contribution is -0.137. The molecule has 2 aliphatic rings. The van der Waals surface area contributed by atoms with Crippen molar-refractivity contribution in [2.45, 2.75) is 26.3 Å². The average molecular weight is 483 g/mol. The Bertz CT molecular complexity index is 1530. The van der Waals surface area contributed by atoms with E-state index in [-0.39, 0.29) is 12.7 Å². The van der Waals surface area contributed by atoms with Gasteiger partial charge >= 0.3 is 5.97 Å². The molecule has 8 nitrogen and oxygen atoms in total. The summed E-state index contributed by atoms with van der Waals surface area (Å²) in [5, 5.41) is 5.59. The number of aromatic nitrogens is 3. The van der Waals surface area contributed by atoms with Gasteiger partial charge in [0.15, 0.2) is 11.5 Å². The summed E-state index contributed by atoms with van der Waals surface area (Å²) in [7, 11) is 2.08. The lowest BCUT2D eigenvalue weighted by atomic mass is 9.84. The van der Waals surface area contributed by atoms with Gasteiger partial charge in [-0.15, -0.1) is 0 Å². The zero-order valence-electron chi connectivity index (χ0n) is 20.2. The van der Waals surface area contributed by atoms with Crippen LogP contribution in [0.3, 0.4) is 0 Å². The molecule has 2 aromatic carbocycles. The first-order valence-electron chi connectivity index (χ1n) is 12.0. The molecule has 0 saturated carbocycles. The molecule has 36 heavy (non-hydrogen) atoms. The maximum absolute atomic E-state index is 12.7. The van der Waals surface area contributed by atoms with E-state index in [0.29, 0.717) is 11.5 Å². The van der Waals surface area contributed by atoms with E-state index < -0.39 is 5.97 Å². The Balaban J connectivity index is 1.31. The number of benzene rings is 2. The maximum atomic E-state index is 12.7. The van der Waals surface area contributed by atoms with E-state index in [1.807, 2.05) is 43.5 Å². The second-order valence-electron chi connectivity index (χ2n) is 9.09. The summed E-state index contributed by atoms with van der Waals surface area (Å²) in [6, 6.07) is 13.8. The van der Waals surface area contributed by atoms with Crippen molar-refractivity contribution < 1.29 is 19.1 Å². The third kappa shape index (κ3) is 3.94. The Morgan fingerprint density at radius 1 is 1.22 bits per heavy atom. The van der Waals surface area contributed by atoms with Crippen LogP contribution in [-0.2, 0) is 29.6 Å². The monoisotopic (exact) mass is 482 g/mol. The standard InChI is InChI=1S/C28H26N4O4/c1-18-29-13-14-32(18)16-20-9-10-23-27(21-5-3-4-6-22(21)31(23)2)28(20)30-36-26(33)12-8-19-7-11-24-25(15-19)35-17-34-24/h3-8,11-15,20H,9-10,16-17H2,1-2H3/b12-8+,30-28+. The second-order valence-corrected chi connectivity index (χ2v) is 9.09. The number of nitrogens with zero attached hydrogens (tertiary/aromatic N) is 4. The molecule has 0 fully saturated rings. The number of fused-ring (bicyclic) bond motifs is 4. The average Bonchev–Trinajstić information content (AvgIpc) is 3.60. The topological polar surface area (TPSA) is 79.9 Å². The number of rotatable bonds is 5. The van der Waals surface area contributed by atoms with Crippen LogP contribution in [-0.4, -0.2) is 32.6 Å². The Hall–Kier alpha value is -4.33. The van der Waals surface area contributed by atoms with Crippen molar-refractivity contribution >= 4 is 28.7 Å². The summed E-state index contributed by atoms with van der Waals surface area (Å²) >= 11 is 0. The molecular weight excluding hydrogens is 456 g/mol. The summed E-state index contributed by atoms with van der Waals surface area (Å²) in [5.41, 5.74) is 5.02. The number of aryl methyl sites for hydroxylation is 2. The van der Waals surface area contributed by atoms with Crippen LogP contribution in [0.5, 0.6) is 11.5 Å². The Labute approximate surface area is 208 Å². The van der Waals surface area contributed by atoms with Gasteiger partial charge in [-0.05, 0) is 49.6 Å². The SMILES string of the molecule is Cc1nccn1CC1CCc2c(c3ccccc3n2C)/C1=N/OC(=O)/C=C/c1ccc2c(c1)OCO2. The number of ether oxygens (including phenoxy) is 2. The Morgan fingerprint density at radius 2 is 2.08 bits per heavy atom. The lowest BCUT2D eigenvalue weighted by Gasteiger charge is -2.25. The lowest BCUT2D eigenvalue weighted by Crippen LogP contribution is -2.28. The van der Waals surface area contributed by atoms with Gasteiger partial charge in [-0.3, -0.25) is 0 Å². The predicted molar refractivity (Wildman–Crippen MR) is 136 cm³/mol. The van der Waals surface area contributed by atoms with Crippen LogP contribution in [0.15, 0.2) is 66.1 Å². The van der Waals surface area contributed by atoms with Crippen LogP contribution in [0.2, 0.25) is 0 Å². The molecular formula is C28H26N4O4. The normalized spacial score (nSPS) is 17.7. The molecule has 2 aromatic heterocycles. The first kappa shape index (κ1) is 22.2. The minimum absolute atomic E-state index is 0.0850. The molecule has 0 amide bonds. The third-order valence-electron chi connectivity index (χ3n) is 6.98. The van der Waals surface area contributed by atoms with Gasteiger partial charge in [-0.25, -0.2) is 9.78 Å². The second kappa shape index (κ2) is 9.03. The summed E-state index contributed by atoms with van der Waals surface area (Å²) in [4.78, 5) is 22.5. The fourth-order valence-corrected chi connectivity index (χ4v) is 5.11. The van der Waals surface area contributed by atoms with Crippen molar-refractivity contribution in [1.29, 1.82) is 0 Å². The van der Waals surface area contributed by atoms with E-state index in [2.05, 4.69) is 38.5 Å². The highest BCUT2D eigenvalue weighted by atomic mass is 16.7. The summed E-state index contributed by atoms with van der Waals surface area (Å²) in [6.07, 6.45) is 8.67. The first-order valence-corrected chi connectivity index (χ1v) is 12.0. The van der Waals surface area contributed by atoms with Gasteiger partial charge in [0, 0.05) is 60.1 Å². The van der Waals surface area contributed by atoms with Crippen molar-refractivity contribution in [3.8, 4) is 11.5 Å². The molecule has 1 unspecified atom stereocenters. The summed E-state index contributed by atoms with van der Waals surface area (Å²) < 4.78 is 15.1. The van der Waals surface area contributed by atoms with E-state index in [4.69, 9.17) is 14.3 Å². The van der Waals surface area contributed by atoms with Gasteiger partial charge in [0.25, 0.3) is 0 Å². The largest absolute Gasteiger partial charge is 0.454 e. The van der Waals surface area contributed by atoms with E-state index in [9.17, 15) is 4.79 Å². The fourth-order valence-electron chi connectivity index (χ4n) is 5.11. The molecule has 1 aliphatic heterocycles. The zero-order valence-corrected chi connectivity index (χ0v) is 20.2. The molecule has 0 N–H and O–H groups in total. The molecule has 3 heterocycles. The molecule has 182 valence electrons. The highest BCUT2D eigenvalue weighted by Crippen LogP contribution is 2.35. The number of imidazole rings is 1. The van der Waals surface area contributed by atoms with Gasteiger partial charge < -0.3 is 23.4 Å². The van der Waals surface area contributed by atoms with E-state index >= 15 is 0 Å². The zero-order chi connectivity index (χ0) is 24.6. The van der Waals surface area contributed by atoms with Gasteiger partial charge in [0.1, 0.15) is 5.82 Å². The molecule has 1 aliphatic carbocycles. The van der Waals surface area contributed by atoms with Gasteiger partial charge in [-0.1, -0.05) is 29.4 Å². The number of carbonyl (C=O) groups is 1. The maximum Gasteiger partial charge on any atom is 0.358 e. The minimum atomic E-state index is -0.537. The fraction of sp³-hybridized carbons (Fsp3) is 0.250. The van der Waals surface area contributed by atoms with Crippen LogP contribution in [0.4, 0.5) is 0 Å². The summed E-state index contributed by atoms with van der Waals surface area (Å²) in [6.45, 7) is 2.92. The summed E-state index contributed by atoms with van der Waals surface area (Å²) in [5.74, 6) is 1.85. The molecule has 4 aromatic rings. The van der Waals surface area contributed by atoms with Crippen molar-refractivity contribution in [1.82, 2.24) is 14.1 Å². The van der Waals surface area contributed by atoms with E-state index in [0.717, 1.165) is 53.0 Å². The molecule has 0 saturated heterocycles. The van der Waals surface area contributed by atoms with Gasteiger partial charge in [-0.2, -0.15) is 0 Å². The van der Waals surface area contributed by atoms with Crippen LogP contribution in [0.1, 0.15) is 29.1 Å². The third-order valence-corrected chi connectivity index (χ3v) is 6.98. The Morgan fingerprint density at radius 3 is 2.94 bits per heavy atom. The van der Waals surface area contributed by atoms with Crippen LogP contribution in [0, 0.1) is 12.8 Å². The van der Waals surface area contributed by atoms with Crippen molar-refractivity contribution in [3.05, 3.63) is 83.6 Å². The van der Waals surface area contributed by atoms with Gasteiger partial charge in [0.2, 0.25) is 6.79 Å². The number of hydrogen-bond acceptors (Lipinski definition) is 6. The minimum Gasteiger partial charge on any atom is -0.454 e. The van der Waals surface area contributed by atoms with Crippen LogP contribution < -0.4 is 9.47 Å². The van der Waals surface area contributed by atoms with Crippen LogP contribution in [0.25, 0.3) is 17.0 Å². The predicted octanol–water partition coefficient (Wildman–Crippen LogP) is 4.64. The molecule has 8 heteroatoms.